The van der Waals surface area contributed by atoms with Gasteiger partial charge in [0.1, 0.15) is 0 Å². The minimum atomic E-state index is -0.0606. The van der Waals surface area contributed by atoms with Crippen molar-refractivity contribution in [1.29, 1.82) is 0 Å². The van der Waals surface area contributed by atoms with E-state index < -0.39 is 0 Å². The number of nitrogens with zero attached hydrogens (tertiary/aromatic N) is 3. The molecule has 1 saturated carbocycles. The lowest BCUT2D eigenvalue weighted by Crippen LogP contribution is -2.33. The molecule has 3 rings (SSSR count). The maximum atomic E-state index is 12.3. The van der Waals surface area contributed by atoms with Crippen LogP contribution >= 0.6 is 0 Å². The fourth-order valence-electron chi connectivity index (χ4n) is 3.27. The Morgan fingerprint density at radius 1 is 1.25 bits per heavy atom. The van der Waals surface area contributed by atoms with Crippen LogP contribution in [0.15, 0.2) is 0 Å². The lowest BCUT2D eigenvalue weighted by Gasteiger charge is -2.23. The molecule has 6 heteroatoms. The molecule has 20 heavy (non-hydrogen) atoms. The Hall–Kier alpha value is -1.43. The van der Waals surface area contributed by atoms with Gasteiger partial charge in [0.15, 0.2) is 5.69 Å². The zero-order valence-corrected chi connectivity index (χ0v) is 12.1. The van der Waals surface area contributed by atoms with Crippen LogP contribution in [0.1, 0.15) is 60.7 Å². The normalized spacial score (nSPS) is 21.2. The van der Waals surface area contributed by atoms with Crippen molar-refractivity contribution in [2.75, 3.05) is 13.1 Å². The lowest BCUT2D eigenvalue weighted by atomic mass is 10.1. The van der Waals surface area contributed by atoms with Gasteiger partial charge in [-0.1, -0.05) is 18.1 Å². The van der Waals surface area contributed by atoms with Crippen LogP contribution in [0.5, 0.6) is 0 Å². The van der Waals surface area contributed by atoms with Gasteiger partial charge in [-0.15, -0.1) is 5.10 Å². The van der Waals surface area contributed by atoms with Gasteiger partial charge < -0.3 is 10.6 Å². The van der Waals surface area contributed by atoms with Crippen LogP contribution in [0, 0.1) is 6.92 Å². The maximum absolute atomic E-state index is 12.3. The summed E-state index contributed by atoms with van der Waals surface area (Å²) in [7, 11) is 0. The Labute approximate surface area is 119 Å². The van der Waals surface area contributed by atoms with Crippen molar-refractivity contribution in [3.05, 3.63) is 11.4 Å². The molecule has 1 amide bonds. The molecule has 0 radical (unpaired) electrons. The Morgan fingerprint density at radius 3 is 2.65 bits per heavy atom. The summed E-state index contributed by atoms with van der Waals surface area (Å²) in [6.07, 6.45) is 6.71. The summed E-state index contributed by atoms with van der Waals surface area (Å²) in [5, 5.41) is 14.8. The molecule has 1 aliphatic heterocycles. The van der Waals surface area contributed by atoms with E-state index in [9.17, 15) is 4.79 Å². The highest BCUT2D eigenvalue weighted by molar-refractivity contribution is 5.93. The highest BCUT2D eigenvalue weighted by Gasteiger charge is 2.25. The summed E-state index contributed by atoms with van der Waals surface area (Å²) in [5.74, 6) is -0.0606. The number of rotatable bonds is 3. The third-order valence-electron chi connectivity index (χ3n) is 4.49. The molecule has 2 fully saturated rings. The number of aromatic nitrogens is 3. The first-order valence-electron chi connectivity index (χ1n) is 7.69. The molecule has 1 aromatic rings. The van der Waals surface area contributed by atoms with Gasteiger partial charge in [-0.25, -0.2) is 4.68 Å². The van der Waals surface area contributed by atoms with E-state index in [1.165, 1.54) is 12.8 Å². The summed E-state index contributed by atoms with van der Waals surface area (Å²) < 4.78 is 1.93. The van der Waals surface area contributed by atoms with Crippen molar-refractivity contribution in [3.8, 4) is 0 Å². The molecule has 1 saturated heterocycles. The third-order valence-corrected chi connectivity index (χ3v) is 4.49. The van der Waals surface area contributed by atoms with Crippen molar-refractivity contribution in [2.24, 2.45) is 0 Å². The van der Waals surface area contributed by atoms with Gasteiger partial charge in [-0.3, -0.25) is 4.79 Å². The van der Waals surface area contributed by atoms with Crippen LogP contribution < -0.4 is 10.6 Å². The Bertz CT molecular complexity index is 472. The average Bonchev–Trinajstić information content (AvgIpc) is 3.09. The first-order chi connectivity index (χ1) is 9.75. The van der Waals surface area contributed by atoms with E-state index in [0.29, 0.717) is 17.8 Å². The highest BCUT2D eigenvalue weighted by Crippen LogP contribution is 2.21. The minimum Gasteiger partial charge on any atom is -0.348 e. The van der Waals surface area contributed by atoms with E-state index in [4.69, 9.17) is 0 Å². The zero-order chi connectivity index (χ0) is 13.9. The smallest absolute Gasteiger partial charge is 0.273 e. The van der Waals surface area contributed by atoms with Crippen molar-refractivity contribution in [2.45, 2.75) is 57.5 Å². The van der Waals surface area contributed by atoms with E-state index in [2.05, 4.69) is 20.9 Å². The monoisotopic (exact) mass is 277 g/mol. The van der Waals surface area contributed by atoms with Crippen LogP contribution in [-0.4, -0.2) is 40.0 Å². The fraction of sp³-hybridized carbons (Fsp3) is 0.786. The Morgan fingerprint density at radius 2 is 1.95 bits per heavy atom. The first-order valence-corrected chi connectivity index (χ1v) is 7.69. The molecule has 0 spiro atoms. The summed E-state index contributed by atoms with van der Waals surface area (Å²) in [6.45, 7) is 3.97. The molecular formula is C14H23N5O. The summed E-state index contributed by atoms with van der Waals surface area (Å²) in [6, 6.07) is 0.697. The average molecular weight is 277 g/mol. The summed E-state index contributed by atoms with van der Waals surface area (Å²) in [4.78, 5) is 12.3. The zero-order valence-electron chi connectivity index (χ0n) is 12.1. The van der Waals surface area contributed by atoms with Gasteiger partial charge in [0, 0.05) is 6.04 Å². The number of carbonyl (C=O) groups excluding carboxylic acids is 1. The molecule has 0 aromatic carbocycles. The van der Waals surface area contributed by atoms with Crippen LogP contribution in [0.3, 0.4) is 0 Å². The molecule has 0 unspecified atom stereocenters. The van der Waals surface area contributed by atoms with Gasteiger partial charge in [-0.2, -0.15) is 0 Å². The minimum absolute atomic E-state index is 0.0606. The Kier molecular flexibility index (Phi) is 4.00. The highest BCUT2D eigenvalue weighted by atomic mass is 16.2. The second-order valence-corrected chi connectivity index (χ2v) is 5.90. The van der Waals surface area contributed by atoms with E-state index >= 15 is 0 Å². The van der Waals surface area contributed by atoms with Crippen LogP contribution in [0.4, 0.5) is 0 Å². The number of nitrogens with one attached hydrogen (secondary N) is 2. The molecule has 2 heterocycles. The molecule has 0 atom stereocenters. The summed E-state index contributed by atoms with van der Waals surface area (Å²) >= 11 is 0. The van der Waals surface area contributed by atoms with Crippen molar-refractivity contribution < 1.29 is 4.79 Å². The van der Waals surface area contributed by atoms with Crippen LogP contribution in [-0.2, 0) is 0 Å². The van der Waals surface area contributed by atoms with E-state index in [1.54, 1.807) is 0 Å². The molecule has 2 aliphatic rings. The molecule has 2 N–H and O–H groups in total. The fourth-order valence-corrected chi connectivity index (χ4v) is 3.27. The number of carbonyl (C=O) groups is 1. The summed E-state index contributed by atoms with van der Waals surface area (Å²) in [5.41, 5.74) is 1.39. The van der Waals surface area contributed by atoms with Gasteiger partial charge in [0.25, 0.3) is 5.91 Å². The standard InChI is InChI=1S/C14H23N5O/c1-10-13(14(20)16-11-4-2-3-5-11)17-18-19(10)12-6-8-15-9-7-12/h11-12,15H,2-9H2,1H3,(H,16,20). The predicted octanol–water partition coefficient (Wildman–Crippen LogP) is 1.18. The van der Waals surface area contributed by atoms with Crippen LogP contribution in [0.2, 0.25) is 0 Å². The molecule has 0 bridgehead atoms. The number of piperidine rings is 1. The number of amides is 1. The van der Waals surface area contributed by atoms with Gasteiger partial charge in [0.05, 0.1) is 11.7 Å². The third kappa shape index (κ3) is 2.70. The predicted molar refractivity (Wildman–Crippen MR) is 75.6 cm³/mol. The number of hydrogen-bond donors (Lipinski definition) is 2. The molecular weight excluding hydrogens is 254 g/mol. The van der Waals surface area contributed by atoms with E-state index in [0.717, 1.165) is 44.5 Å². The Balaban J connectivity index is 1.70. The van der Waals surface area contributed by atoms with Crippen molar-refractivity contribution in [3.63, 3.8) is 0 Å². The van der Waals surface area contributed by atoms with Crippen molar-refractivity contribution >= 4 is 5.91 Å². The van der Waals surface area contributed by atoms with Crippen molar-refractivity contribution in [1.82, 2.24) is 25.6 Å². The molecule has 6 nitrogen and oxygen atoms in total. The second kappa shape index (κ2) is 5.91. The largest absolute Gasteiger partial charge is 0.348 e. The molecule has 1 aliphatic carbocycles. The first kappa shape index (κ1) is 13.5. The van der Waals surface area contributed by atoms with E-state index in [-0.39, 0.29) is 5.91 Å². The van der Waals surface area contributed by atoms with Gasteiger partial charge in [0.2, 0.25) is 0 Å². The molecule has 1 aromatic heterocycles. The van der Waals surface area contributed by atoms with Crippen LogP contribution in [0.25, 0.3) is 0 Å². The molecule has 110 valence electrons. The topological polar surface area (TPSA) is 71.8 Å². The quantitative estimate of drug-likeness (QED) is 0.870. The van der Waals surface area contributed by atoms with E-state index in [1.807, 2.05) is 11.6 Å². The van der Waals surface area contributed by atoms with Gasteiger partial charge >= 0.3 is 0 Å². The second-order valence-electron chi connectivity index (χ2n) is 5.90. The number of hydrogen-bond acceptors (Lipinski definition) is 4. The van der Waals surface area contributed by atoms with Gasteiger partial charge in [-0.05, 0) is 45.7 Å². The lowest BCUT2D eigenvalue weighted by molar-refractivity contribution is 0.0932. The maximum Gasteiger partial charge on any atom is 0.273 e. The SMILES string of the molecule is Cc1c(C(=O)NC2CCCC2)nnn1C1CCNCC1.